The fourth-order valence-electron chi connectivity index (χ4n) is 2.54. The predicted molar refractivity (Wildman–Crippen MR) is 89.9 cm³/mol. The second-order valence-corrected chi connectivity index (χ2v) is 6.38. The Morgan fingerprint density at radius 3 is 2.43 bits per heavy atom. The van der Waals surface area contributed by atoms with Crippen LogP contribution in [-0.2, 0) is 4.74 Å². The van der Waals surface area contributed by atoms with Crippen molar-refractivity contribution in [1.29, 1.82) is 0 Å². The van der Waals surface area contributed by atoms with Gasteiger partial charge in [-0.25, -0.2) is 4.39 Å². The summed E-state index contributed by atoms with van der Waals surface area (Å²) in [6.45, 7) is 7.83. The van der Waals surface area contributed by atoms with Crippen LogP contribution in [0.25, 0.3) is 0 Å². The van der Waals surface area contributed by atoms with Crippen LogP contribution in [-0.4, -0.2) is 61.0 Å². The summed E-state index contributed by atoms with van der Waals surface area (Å²) in [5.74, 6) is 2.33. The summed E-state index contributed by atoms with van der Waals surface area (Å²) in [4.78, 5) is 4.43. The smallest absolute Gasteiger partial charge is 0.123 e. The van der Waals surface area contributed by atoms with Crippen LogP contribution >= 0.6 is 0 Å². The van der Waals surface area contributed by atoms with E-state index in [1.165, 1.54) is 12.1 Å². The van der Waals surface area contributed by atoms with Gasteiger partial charge < -0.3 is 14.7 Å². The van der Waals surface area contributed by atoms with Crippen LogP contribution in [0.1, 0.15) is 13.8 Å². The molecule has 1 aliphatic rings. The lowest BCUT2D eigenvalue weighted by Crippen LogP contribution is -2.49. The molecule has 23 heavy (non-hydrogen) atoms. The first-order valence-corrected chi connectivity index (χ1v) is 7.92. The van der Waals surface area contributed by atoms with Crippen LogP contribution in [0.4, 0.5) is 10.1 Å². The van der Waals surface area contributed by atoms with Gasteiger partial charge in [0.05, 0.1) is 12.7 Å². The monoisotopic (exact) mass is 320 g/mol. The van der Waals surface area contributed by atoms with Crippen molar-refractivity contribution < 1.29 is 14.2 Å². The van der Waals surface area contributed by atoms with Crippen LogP contribution in [0.3, 0.4) is 0 Å². The van der Waals surface area contributed by atoms with Gasteiger partial charge in [0, 0.05) is 38.4 Å². The highest BCUT2D eigenvalue weighted by molar-refractivity contribution is 5.46. The normalized spacial score (nSPS) is 17.8. The van der Waals surface area contributed by atoms with Gasteiger partial charge in [0.1, 0.15) is 11.4 Å². The molecule has 1 saturated heterocycles. The Balaban J connectivity index is 1.74. The molecule has 1 N–H and O–H groups in total. The van der Waals surface area contributed by atoms with E-state index in [-0.39, 0.29) is 12.4 Å². The maximum Gasteiger partial charge on any atom is 0.123 e. The number of benzene rings is 1. The number of hydrogen-bond donors (Lipinski definition) is 1. The summed E-state index contributed by atoms with van der Waals surface area (Å²) in [5, 5.41) is 10.1. The van der Waals surface area contributed by atoms with E-state index < -0.39 is 11.7 Å². The summed E-state index contributed by atoms with van der Waals surface area (Å²) >= 11 is 0. The highest BCUT2D eigenvalue weighted by Gasteiger charge is 2.21. The summed E-state index contributed by atoms with van der Waals surface area (Å²) in [7, 11) is 0. The van der Waals surface area contributed by atoms with Gasteiger partial charge in [0.2, 0.25) is 0 Å². The maximum atomic E-state index is 13.0. The number of aliphatic hydroxyl groups excluding tert-OH is 1. The summed E-state index contributed by atoms with van der Waals surface area (Å²) in [6.07, 6.45) is 4.81. The van der Waals surface area contributed by atoms with Gasteiger partial charge in [-0.1, -0.05) is 5.92 Å². The van der Waals surface area contributed by atoms with Crippen LogP contribution in [0, 0.1) is 18.2 Å². The second kappa shape index (κ2) is 7.78. The first-order chi connectivity index (χ1) is 10.9. The third-order valence-corrected chi connectivity index (χ3v) is 4.02. The number of β-amino-alcohol motifs (C(OH)–C–C–N with tert-alkyl or cyclic N) is 1. The summed E-state index contributed by atoms with van der Waals surface area (Å²) < 4.78 is 18.5. The highest BCUT2D eigenvalue weighted by Crippen LogP contribution is 2.17. The van der Waals surface area contributed by atoms with E-state index in [9.17, 15) is 9.50 Å². The largest absolute Gasteiger partial charge is 0.389 e. The number of terminal acetylenes is 1. The van der Waals surface area contributed by atoms with Crippen molar-refractivity contribution in [2.45, 2.75) is 25.6 Å². The third-order valence-electron chi connectivity index (χ3n) is 4.02. The molecule has 1 fully saturated rings. The van der Waals surface area contributed by atoms with E-state index in [1.54, 1.807) is 26.0 Å². The number of piperazine rings is 1. The minimum atomic E-state index is -0.651. The van der Waals surface area contributed by atoms with Gasteiger partial charge in [-0.3, -0.25) is 4.90 Å². The number of aliphatic hydroxyl groups is 1. The Morgan fingerprint density at radius 2 is 1.87 bits per heavy atom. The molecule has 5 heteroatoms. The fraction of sp³-hybridized carbons (Fsp3) is 0.556. The van der Waals surface area contributed by atoms with Crippen LogP contribution in [0.15, 0.2) is 24.3 Å². The van der Waals surface area contributed by atoms with E-state index >= 15 is 0 Å². The van der Waals surface area contributed by atoms with Gasteiger partial charge >= 0.3 is 0 Å². The lowest BCUT2D eigenvalue weighted by Gasteiger charge is -2.37. The first-order valence-electron chi connectivity index (χ1n) is 7.92. The molecule has 1 aliphatic heterocycles. The Labute approximate surface area is 137 Å². The molecule has 0 aliphatic carbocycles. The number of halogens is 1. The Hall–Kier alpha value is -1.61. The van der Waals surface area contributed by atoms with Crippen molar-refractivity contribution >= 4 is 5.69 Å². The van der Waals surface area contributed by atoms with Crippen LogP contribution in [0.5, 0.6) is 0 Å². The van der Waals surface area contributed by atoms with Gasteiger partial charge in [-0.2, -0.15) is 0 Å². The molecule has 1 aromatic carbocycles. The van der Waals surface area contributed by atoms with E-state index in [0.29, 0.717) is 6.54 Å². The van der Waals surface area contributed by atoms with Crippen LogP contribution in [0.2, 0.25) is 0 Å². The number of anilines is 1. The number of hydrogen-bond acceptors (Lipinski definition) is 4. The minimum Gasteiger partial charge on any atom is -0.389 e. The highest BCUT2D eigenvalue weighted by atomic mass is 19.1. The van der Waals surface area contributed by atoms with E-state index in [0.717, 1.165) is 31.9 Å². The number of ether oxygens (including phenoxy) is 1. The van der Waals surface area contributed by atoms with Crippen molar-refractivity contribution in [2.24, 2.45) is 0 Å². The first kappa shape index (κ1) is 17.7. The van der Waals surface area contributed by atoms with Gasteiger partial charge in [0.15, 0.2) is 0 Å². The molecule has 1 atom stereocenters. The Bertz CT molecular complexity index is 531. The number of rotatable bonds is 6. The Kier molecular flexibility index (Phi) is 6.00. The van der Waals surface area contributed by atoms with Gasteiger partial charge in [0.25, 0.3) is 0 Å². The summed E-state index contributed by atoms with van der Waals surface area (Å²) in [6, 6.07) is 6.57. The van der Waals surface area contributed by atoms with Gasteiger partial charge in [-0.15, -0.1) is 6.42 Å². The zero-order valence-electron chi connectivity index (χ0n) is 13.8. The van der Waals surface area contributed by atoms with Crippen molar-refractivity contribution in [3.8, 4) is 12.3 Å². The lowest BCUT2D eigenvalue weighted by molar-refractivity contribution is -0.0376. The topological polar surface area (TPSA) is 35.9 Å². The second-order valence-electron chi connectivity index (χ2n) is 6.38. The molecule has 0 unspecified atom stereocenters. The molecule has 1 aromatic rings. The molecule has 4 nitrogen and oxygen atoms in total. The molecule has 0 spiro atoms. The molecule has 0 saturated carbocycles. The molecule has 0 bridgehead atoms. The molecular weight excluding hydrogens is 295 g/mol. The summed E-state index contributed by atoms with van der Waals surface area (Å²) in [5.41, 5.74) is 0.383. The van der Waals surface area contributed by atoms with E-state index in [1.807, 2.05) is 0 Å². The minimum absolute atomic E-state index is 0.217. The molecular formula is C18H25FN2O2. The zero-order chi connectivity index (χ0) is 16.9. The molecule has 0 aromatic heterocycles. The lowest BCUT2D eigenvalue weighted by atomic mass is 10.1. The SMILES string of the molecule is C#CC(C)(C)OC[C@@H](O)CN1CCN(c2ccc(F)cc2)CC1. The molecule has 0 radical (unpaired) electrons. The number of nitrogens with zero attached hydrogens (tertiary/aromatic N) is 2. The molecule has 126 valence electrons. The van der Waals surface area contributed by atoms with E-state index in [4.69, 9.17) is 11.2 Å². The van der Waals surface area contributed by atoms with Crippen molar-refractivity contribution in [3.63, 3.8) is 0 Å². The van der Waals surface area contributed by atoms with Crippen molar-refractivity contribution in [1.82, 2.24) is 4.90 Å². The van der Waals surface area contributed by atoms with Crippen molar-refractivity contribution in [2.75, 3.05) is 44.2 Å². The molecule has 1 heterocycles. The standard InChI is InChI=1S/C18H25FN2O2/c1-4-18(2,3)23-14-17(22)13-20-9-11-21(12-10-20)16-7-5-15(19)6-8-16/h1,5-8,17,22H,9-14H2,2-3H3/t17-/m0/s1. The zero-order valence-corrected chi connectivity index (χ0v) is 13.8. The third kappa shape index (κ3) is 5.51. The molecule has 0 amide bonds. The fourth-order valence-corrected chi connectivity index (χ4v) is 2.54. The maximum absolute atomic E-state index is 13.0. The van der Waals surface area contributed by atoms with Crippen LogP contribution < -0.4 is 4.90 Å². The molecule has 2 rings (SSSR count). The van der Waals surface area contributed by atoms with E-state index in [2.05, 4.69) is 15.7 Å². The van der Waals surface area contributed by atoms with Crippen molar-refractivity contribution in [3.05, 3.63) is 30.1 Å². The predicted octanol–water partition coefficient (Wildman–Crippen LogP) is 1.74. The quantitative estimate of drug-likeness (QED) is 0.810. The average molecular weight is 320 g/mol. The van der Waals surface area contributed by atoms with Gasteiger partial charge in [-0.05, 0) is 38.1 Å². The Morgan fingerprint density at radius 1 is 1.26 bits per heavy atom. The average Bonchev–Trinajstić information content (AvgIpc) is 2.55.